The van der Waals surface area contributed by atoms with Crippen LogP contribution in [0.1, 0.15) is 11.1 Å². The second-order valence-electron chi connectivity index (χ2n) is 4.44. The monoisotopic (exact) mass is 272 g/mol. The number of rotatable bonds is 3. The van der Waals surface area contributed by atoms with Crippen molar-refractivity contribution in [2.24, 2.45) is 5.73 Å². The fourth-order valence-electron chi connectivity index (χ4n) is 1.96. The molecule has 2 aromatic rings. The van der Waals surface area contributed by atoms with E-state index >= 15 is 0 Å². The molecule has 0 heterocycles. The van der Waals surface area contributed by atoms with E-state index in [1.807, 2.05) is 49.2 Å². The molecule has 4 heteroatoms. The molecule has 98 valence electrons. The number of anilines is 2. The maximum absolute atomic E-state index is 9.30. The van der Waals surface area contributed by atoms with E-state index in [0.29, 0.717) is 4.99 Å². The lowest BCUT2D eigenvalue weighted by Gasteiger charge is -2.20. The Morgan fingerprint density at radius 2 is 1.68 bits per heavy atom. The molecule has 0 spiro atoms. The van der Waals surface area contributed by atoms with Gasteiger partial charge in [-0.1, -0.05) is 12.2 Å². The van der Waals surface area contributed by atoms with E-state index in [1.54, 1.807) is 12.1 Å². The van der Waals surface area contributed by atoms with E-state index < -0.39 is 0 Å². The molecule has 2 rings (SSSR count). The van der Waals surface area contributed by atoms with Crippen LogP contribution in [-0.4, -0.2) is 17.1 Å². The van der Waals surface area contributed by atoms with Crippen LogP contribution in [0.5, 0.6) is 5.75 Å². The van der Waals surface area contributed by atoms with Gasteiger partial charge in [0.25, 0.3) is 0 Å². The summed E-state index contributed by atoms with van der Waals surface area (Å²) in [7, 11) is 1.97. The molecule has 3 nitrogen and oxygen atoms in total. The van der Waals surface area contributed by atoms with Crippen molar-refractivity contribution in [3.63, 3.8) is 0 Å². The summed E-state index contributed by atoms with van der Waals surface area (Å²) >= 11 is 5.00. The molecular weight excluding hydrogens is 256 g/mol. The van der Waals surface area contributed by atoms with Crippen molar-refractivity contribution >= 4 is 28.6 Å². The van der Waals surface area contributed by atoms with Crippen LogP contribution in [0.25, 0.3) is 0 Å². The van der Waals surface area contributed by atoms with Gasteiger partial charge in [-0.3, -0.25) is 0 Å². The van der Waals surface area contributed by atoms with Crippen LogP contribution in [0.15, 0.2) is 42.5 Å². The molecule has 0 saturated carbocycles. The predicted molar refractivity (Wildman–Crippen MR) is 83.2 cm³/mol. The maximum Gasteiger partial charge on any atom is 0.115 e. The van der Waals surface area contributed by atoms with E-state index in [-0.39, 0.29) is 5.75 Å². The van der Waals surface area contributed by atoms with E-state index in [9.17, 15) is 5.11 Å². The van der Waals surface area contributed by atoms with Crippen LogP contribution >= 0.6 is 12.2 Å². The third-order valence-electron chi connectivity index (χ3n) is 3.10. The van der Waals surface area contributed by atoms with E-state index in [4.69, 9.17) is 18.0 Å². The Hall–Kier alpha value is -2.07. The molecule has 19 heavy (non-hydrogen) atoms. The Labute approximate surface area is 118 Å². The second kappa shape index (κ2) is 5.28. The summed E-state index contributed by atoms with van der Waals surface area (Å²) in [6, 6.07) is 13.0. The van der Waals surface area contributed by atoms with Crippen molar-refractivity contribution in [2.45, 2.75) is 6.92 Å². The number of nitrogens with zero attached hydrogens (tertiary/aromatic N) is 1. The highest BCUT2D eigenvalue weighted by Gasteiger charge is 2.07. The summed E-state index contributed by atoms with van der Waals surface area (Å²) in [4.78, 5) is 2.45. The summed E-state index contributed by atoms with van der Waals surface area (Å²) in [5.41, 5.74) is 9.66. The van der Waals surface area contributed by atoms with Gasteiger partial charge in [-0.2, -0.15) is 0 Å². The van der Waals surface area contributed by atoms with E-state index in [1.165, 1.54) is 0 Å². The molecule has 0 saturated heterocycles. The van der Waals surface area contributed by atoms with Crippen molar-refractivity contribution in [2.75, 3.05) is 11.9 Å². The van der Waals surface area contributed by atoms with Gasteiger partial charge in [0.2, 0.25) is 0 Å². The number of phenolic OH excluding ortho intramolecular Hbond substituents is 1. The summed E-state index contributed by atoms with van der Waals surface area (Å²) < 4.78 is 0. The number of benzene rings is 2. The lowest BCUT2D eigenvalue weighted by Crippen LogP contribution is -2.13. The molecule has 0 aliphatic heterocycles. The molecular formula is C15H16N2OS. The number of phenols is 1. The second-order valence-corrected chi connectivity index (χ2v) is 4.88. The van der Waals surface area contributed by atoms with Crippen molar-refractivity contribution < 1.29 is 5.11 Å². The summed E-state index contributed by atoms with van der Waals surface area (Å²) in [6.45, 7) is 1.99. The third-order valence-corrected chi connectivity index (χ3v) is 3.32. The zero-order valence-electron chi connectivity index (χ0n) is 10.9. The van der Waals surface area contributed by atoms with Gasteiger partial charge in [0.1, 0.15) is 10.7 Å². The van der Waals surface area contributed by atoms with Gasteiger partial charge < -0.3 is 15.7 Å². The largest absolute Gasteiger partial charge is 0.508 e. The predicted octanol–water partition coefficient (Wildman–Crippen LogP) is 3.10. The van der Waals surface area contributed by atoms with Gasteiger partial charge in [0.05, 0.1) is 0 Å². The van der Waals surface area contributed by atoms with E-state index in [2.05, 4.69) is 0 Å². The number of aryl methyl sites for hydroxylation is 1. The summed E-state index contributed by atoms with van der Waals surface area (Å²) in [6.07, 6.45) is 0. The summed E-state index contributed by atoms with van der Waals surface area (Å²) in [5.74, 6) is 0.261. The van der Waals surface area contributed by atoms with Crippen LogP contribution in [0.4, 0.5) is 11.4 Å². The Morgan fingerprint density at radius 1 is 1.11 bits per heavy atom. The molecule has 3 N–H and O–H groups in total. The first-order chi connectivity index (χ1) is 8.99. The van der Waals surface area contributed by atoms with Crippen molar-refractivity contribution in [1.82, 2.24) is 0 Å². The van der Waals surface area contributed by atoms with Gasteiger partial charge in [0, 0.05) is 24.0 Å². The first kappa shape index (κ1) is 13.4. The van der Waals surface area contributed by atoms with Crippen LogP contribution in [0.3, 0.4) is 0 Å². The quantitative estimate of drug-likeness (QED) is 0.843. The number of nitrogens with two attached hydrogens (primary N) is 1. The minimum absolute atomic E-state index is 0.261. The zero-order valence-corrected chi connectivity index (χ0v) is 11.7. The first-order valence-electron chi connectivity index (χ1n) is 5.92. The number of hydrogen-bond donors (Lipinski definition) is 2. The zero-order chi connectivity index (χ0) is 14.0. The van der Waals surface area contributed by atoms with Gasteiger partial charge in [0.15, 0.2) is 0 Å². The van der Waals surface area contributed by atoms with Gasteiger partial charge in [-0.15, -0.1) is 0 Å². The van der Waals surface area contributed by atoms with Crippen LogP contribution in [-0.2, 0) is 0 Å². The third kappa shape index (κ3) is 2.85. The first-order valence-corrected chi connectivity index (χ1v) is 6.33. The lowest BCUT2D eigenvalue weighted by molar-refractivity contribution is 0.475. The van der Waals surface area contributed by atoms with Crippen molar-refractivity contribution in [3.8, 4) is 5.75 Å². The van der Waals surface area contributed by atoms with Gasteiger partial charge in [-0.05, 0) is 55.0 Å². The molecule has 0 fully saturated rings. The molecule has 0 aromatic heterocycles. The Bertz CT molecular complexity index is 608. The number of hydrogen-bond acceptors (Lipinski definition) is 3. The van der Waals surface area contributed by atoms with Crippen LogP contribution in [0.2, 0.25) is 0 Å². The molecule has 0 radical (unpaired) electrons. The van der Waals surface area contributed by atoms with Crippen molar-refractivity contribution in [3.05, 3.63) is 53.6 Å². The maximum atomic E-state index is 9.30. The van der Waals surface area contributed by atoms with Crippen molar-refractivity contribution in [1.29, 1.82) is 0 Å². The molecule has 0 aliphatic rings. The topological polar surface area (TPSA) is 49.5 Å². The average Bonchev–Trinajstić information content (AvgIpc) is 2.38. The average molecular weight is 272 g/mol. The normalized spacial score (nSPS) is 10.2. The highest BCUT2D eigenvalue weighted by Crippen LogP contribution is 2.26. The molecule has 0 bridgehead atoms. The van der Waals surface area contributed by atoms with E-state index in [0.717, 1.165) is 22.5 Å². The minimum atomic E-state index is 0.261. The highest BCUT2D eigenvalue weighted by atomic mass is 32.1. The number of thiocarbonyl (C=S) groups is 1. The van der Waals surface area contributed by atoms with Crippen LogP contribution in [0, 0.1) is 6.92 Å². The molecule has 0 amide bonds. The Kier molecular flexibility index (Phi) is 3.71. The van der Waals surface area contributed by atoms with Crippen LogP contribution < -0.4 is 10.6 Å². The fraction of sp³-hybridized carbons (Fsp3) is 0.133. The smallest absolute Gasteiger partial charge is 0.115 e. The molecule has 2 aromatic carbocycles. The summed E-state index contributed by atoms with van der Waals surface area (Å²) in [5, 5.41) is 9.30. The Balaban J connectivity index is 2.34. The minimum Gasteiger partial charge on any atom is -0.508 e. The number of aromatic hydroxyl groups is 1. The molecule has 0 atom stereocenters. The fourth-order valence-corrected chi connectivity index (χ4v) is 2.19. The SMILES string of the molecule is Cc1cc(N(C)c2ccc(O)cc2)ccc1C(N)=S. The van der Waals surface area contributed by atoms with Gasteiger partial charge in [-0.25, -0.2) is 0 Å². The Morgan fingerprint density at radius 3 is 2.21 bits per heavy atom. The molecule has 0 aliphatic carbocycles. The lowest BCUT2D eigenvalue weighted by atomic mass is 10.1. The standard InChI is InChI=1S/C15H16N2OS/c1-10-9-12(5-8-14(10)15(16)19)17(2)11-3-6-13(18)7-4-11/h3-9,18H,1-2H3,(H2,16,19). The highest BCUT2D eigenvalue weighted by molar-refractivity contribution is 7.80. The van der Waals surface area contributed by atoms with Gasteiger partial charge >= 0.3 is 0 Å². The molecule has 0 unspecified atom stereocenters.